The summed E-state index contributed by atoms with van der Waals surface area (Å²) < 4.78 is 21.4. The molecular formula is C21H26N2O5. The van der Waals surface area contributed by atoms with Gasteiger partial charge in [-0.1, -0.05) is 6.07 Å². The maximum absolute atomic E-state index is 12.5. The van der Waals surface area contributed by atoms with Gasteiger partial charge in [0.2, 0.25) is 12.7 Å². The Morgan fingerprint density at radius 1 is 1.14 bits per heavy atom. The van der Waals surface area contributed by atoms with Crippen molar-refractivity contribution in [3.63, 3.8) is 0 Å². The third kappa shape index (κ3) is 4.67. The molecular weight excluding hydrogens is 360 g/mol. The molecule has 0 bridgehead atoms. The zero-order valence-electron chi connectivity index (χ0n) is 16.7. The molecule has 1 aliphatic heterocycles. The van der Waals surface area contributed by atoms with Gasteiger partial charge in [-0.05, 0) is 49.9 Å². The summed E-state index contributed by atoms with van der Waals surface area (Å²) in [5, 5.41) is 3.02. The Hall–Kier alpha value is -2.93. The number of benzene rings is 2. The van der Waals surface area contributed by atoms with Crippen LogP contribution in [-0.4, -0.2) is 45.4 Å². The molecule has 2 aromatic carbocycles. The van der Waals surface area contributed by atoms with Gasteiger partial charge in [0.05, 0.1) is 26.8 Å². The predicted octanol–water partition coefficient (Wildman–Crippen LogP) is 2.74. The number of likely N-dealkylation sites (N-methyl/N-ethyl adjacent to an activating group) is 1. The molecule has 0 spiro atoms. The van der Waals surface area contributed by atoms with Gasteiger partial charge in [-0.3, -0.25) is 9.69 Å². The lowest BCUT2D eigenvalue weighted by atomic mass is 10.1. The molecule has 2 aromatic rings. The standard InChI is InChI=1S/C21H26N2O5/c1-14(17-10-16(25-3)6-8-18(17)26-4)22-21(24)12-23(2)11-15-5-7-19-20(9-15)28-13-27-19/h5-10,14H,11-13H2,1-4H3,(H,22,24). The third-order valence-electron chi connectivity index (χ3n) is 4.58. The Morgan fingerprint density at radius 3 is 2.68 bits per heavy atom. The molecule has 1 aliphatic rings. The van der Waals surface area contributed by atoms with Gasteiger partial charge in [0.25, 0.3) is 0 Å². The lowest BCUT2D eigenvalue weighted by molar-refractivity contribution is -0.122. The highest BCUT2D eigenvalue weighted by Gasteiger charge is 2.17. The first-order valence-electron chi connectivity index (χ1n) is 9.08. The average molecular weight is 386 g/mol. The van der Waals surface area contributed by atoms with Crippen molar-refractivity contribution in [3.05, 3.63) is 47.5 Å². The third-order valence-corrected chi connectivity index (χ3v) is 4.58. The first-order valence-corrected chi connectivity index (χ1v) is 9.08. The van der Waals surface area contributed by atoms with Crippen molar-refractivity contribution < 1.29 is 23.7 Å². The summed E-state index contributed by atoms with van der Waals surface area (Å²) in [6, 6.07) is 11.1. The molecule has 7 nitrogen and oxygen atoms in total. The second kappa shape index (κ2) is 8.84. The minimum atomic E-state index is -0.212. The highest BCUT2D eigenvalue weighted by Crippen LogP contribution is 2.33. The second-order valence-electron chi connectivity index (χ2n) is 6.76. The van der Waals surface area contributed by atoms with Crippen LogP contribution in [0.15, 0.2) is 36.4 Å². The Morgan fingerprint density at radius 2 is 1.93 bits per heavy atom. The van der Waals surface area contributed by atoms with E-state index in [1.807, 2.05) is 55.3 Å². The van der Waals surface area contributed by atoms with E-state index in [1.54, 1.807) is 14.2 Å². The van der Waals surface area contributed by atoms with Gasteiger partial charge in [0, 0.05) is 12.1 Å². The Kier molecular flexibility index (Phi) is 6.26. The van der Waals surface area contributed by atoms with Crippen LogP contribution >= 0.6 is 0 Å². The molecule has 1 N–H and O–H groups in total. The molecule has 7 heteroatoms. The number of methoxy groups -OCH3 is 2. The lowest BCUT2D eigenvalue weighted by Crippen LogP contribution is -2.36. The number of rotatable bonds is 8. The van der Waals surface area contributed by atoms with Crippen molar-refractivity contribution in [2.75, 3.05) is 34.6 Å². The van der Waals surface area contributed by atoms with Crippen LogP contribution in [-0.2, 0) is 11.3 Å². The molecule has 3 rings (SSSR count). The molecule has 0 saturated carbocycles. The average Bonchev–Trinajstić information content (AvgIpc) is 3.14. The first-order chi connectivity index (χ1) is 13.5. The Labute approximate surface area is 165 Å². The van der Waals surface area contributed by atoms with Gasteiger partial charge in [-0.2, -0.15) is 0 Å². The van der Waals surface area contributed by atoms with E-state index in [0.717, 1.165) is 28.4 Å². The van der Waals surface area contributed by atoms with E-state index >= 15 is 0 Å². The normalized spacial score (nSPS) is 13.3. The molecule has 150 valence electrons. The Balaban J connectivity index is 1.57. The van der Waals surface area contributed by atoms with Gasteiger partial charge in [-0.15, -0.1) is 0 Å². The number of nitrogens with one attached hydrogen (secondary N) is 1. The lowest BCUT2D eigenvalue weighted by Gasteiger charge is -2.21. The number of fused-ring (bicyclic) bond motifs is 1. The molecule has 0 aromatic heterocycles. The number of ether oxygens (including phenoxy) is 4. The van der Waals surface area contributed by atoms with Crippen LogP contribution in [0.2, 0.25) is 0 Å². The maximum Gasteiger partial charge on any atom is 0.234 e. The first kappa shape index (κ1) is 19.8. The number of amides is 1. The van der Waals surface area contributed by atoms with E-state index < -0.39 is 0 Å². The van der Waals surface area contributed by atoms with E-state index in [-0.39, 0.29) is 25.3 Å². The molecule has 1 unspecified atom stereocenters. The van der Waals surface area contributed by atoms with Crippen molar-refractivity contribution in [3.8, 4) is 23.0 Å². The van der Waals surface area contributed by atoms with E-state index in [0.29, 0.717) is 12.3 Å². The van der Waals surface area contributed by atoms with Crippen LogP contribution in [0.1, 0.15) is 24.1 Å². The molecule has 1 atom stereocenters. The van der Waals surface area contributed by atoms with Crippen molar-refractivity contribution in [1.29, 1.82) is 0 Å². The van der Waals surface area contributed by atoms with E-state index in [2.05, 4.69) is 5.32 Å². The predicted molar refractivity (Wildman–Crippen MR) is 105 cm³/mol. The number of hydrogen-bond acceptors (Lipinski definition) is 6. The minimum absolute atomic E-state index is 0.0689. The second-order valence-corrected chi connectivity index (χ2v) is 6.76. The number of nitrogens with zero attached hydrogens (tertiary/aromatic N) is 1. The molecule has 28 heavy (non-hydrogen) atoms. The Bertz CT molecular complexity index is 840. The highest BCUT2D eigenvalue weighted by atomic mass is 16.7. The van der Waals surface area contributed by atoms with Crippen molar-refractivity contribution >= 4 is 5.91 Å². The maximum atomic E-state index is 12.5. The van der Waals surface area contributed by atoms with Gasteiger partial charge in [0.1, 0.15) is 11.5 Å². The molecule has 0 saturated heterocycles. The monoisotopic (exact) mass is 386 g/mol. The zero-order chi connectivity index (χ0) is 20.1. The van der Waals surface area contributed by atoms with E-state index in [1.165, 1.54) is 0 Å². The summed E-state index contributed by atoms with van der Waals surface area (Å²) in [7, 11) is 5.12. The summed E-state index contributed by atoms with van der Waals surface area (Å²) in [6.07, 6.45) is 0. The fourth-order valence-corrected chi connectivity index (χ4v) is 3.19. The van der Waals surface area contributed by atoms with Gasteiger partial charge in [-0.25, -0.2) is 0 Å². The van der Waals surface area contributed by atoms with Crippen molar-refractivity contribution in [1.82, 2.24) is 10.2 Å². The van der Waals surface area contributed by atoms with Crippen LogP contribution < -0.4 is 24.3 Å². The SMILES string of the molecule is COc1ccc(OC)c(C(C)NC(=O)CN(C)Cc2ccc3c(c2)OCO3)c1. The van der Waals surface area contributed by atoms with Crippen LogP contribution in [0, 0.1) is 0 Å². The summed E-state index contributed by atoms with van der Waals surface area (Å²) in [5.41, 5.74) is 1.93. The van der Waals surface area contributed by atoms with Crippen molar-refractivity contribution in [2.45, 2.75) is 19.5 Å². The summed E-state index contributed by atoms with van der Waals surface area (Å²) in [6.45, 7) is 3.07. The molecule has 1 amide bonds. The summed E-state index contributed by atoms with van der Waals surface area (Å²) in [4.78, 5) is 14.4. The summed E-state index contributed by atoms with van der Waals surface area (Å²) in [5.74, 6) is 2.86. The number of hydrogen-bond donors (Lipinski definition) is 1. The minimum Gasteiger partial charge on any atom is -0.497 e. The van der Waals surface area contributed by atoms with Gasteiger partial charge >= 0.3 is 0 Å². The number of carbonyl (C=O) groups excluding carboxylic acids is 1. The fourth-order valence-electron chi connectivity index (χ4n) is 3.19. The topological polar surface area (TPSA) is 69.3 Å². The smallest absolute Gasteiger partial charge is 0.234 e. The van der Waals surface area contributed by atoms with Crippen LogP contribution in [0.25, 0.3) is 0 Å². The van der Waals surface area contributed by atoms with Crippen molar-refractivity contribution in [2.24, 2.45) is 0 Å². The largest absolute Gasteiger partial charge is 0.497 e. The fraction of sp³-hybridized carbons (Fsp3) is 0.381. The van der Waals surface area contributed by atoms with Gasteiger partial charge in [0.15, 0.2) is 11.5 Å². The molecule has 0 radical (unpaired) electrons. The quantitative estimate of drug-likeness (QED) is 0.752. The van der Waals surface area contributed by atoms with Gasteiger partial charge < -0.3 is 24.3 Å². The molecule has 0 aliphatic carbocycles. The van der Waals surface area contributed by atoms with Crippen LogP contribution in [0.3, 0.4) is 0 Å². The van der Waals surface area contributed by atoms with Crippen LogP contribution in [0.4, 0.5) is 0 Å². The zero-order valence-corrected chi connectivity index (χ0v) is 16.7. The van der Waals surface area contributed by atoms with E-state index in [4.69, 9.17) is 18.9 Å². The molecule has 0 fully saturated rings. The van der Waals surface area contributed by atoms with Crippen LogP contribution in [0.5, 0.6) is 23.0 Å². The highest BCUT2D eigenvalue weighted by molar-refractivity contribution is 5.78. The number of carbonyl (C=O) groups is 1. The summed E-state index contributed by atoms with van der Waals surface area (Å²) >= 11 is 0. The van der Waals surface area contributed by atoms with E-state index in [9.17, 15) is 4.79 Å². The molecule has 1 heterocycles.